The number of carbonyl (C=O) groups is 1. The summed E-state index contributed by atoms with van der Waals surface area (Å²) in [6, 6.07) is 4.76. The number of nitriles is 1. The van der Waals surface area contributed by atoms with E-state index in [9.17, 15) is 4.79 Å². The lowest BCUT2D eigenvalue weighted by Gasteiger charge is -2.05. The van der Waals surface area contributed by atoms with Gasteiger partial charge in [0.05, 0.1) is 29.3 Å². The van der Waals surface area contributed by atoms with Crippen molar-refractivity contribution >= 4 is 30.2 Å². The van der Waals surface area contributed by atoms with Crippen LogP contribution < -0.4 is 0 Å². The summed E-state index contributed by atoms with van der Waals surface area (Å²) in [5, 5.41) is 8.78. The summed E-state index contributed by atoms with van der Waals surface area (Å²) >= 11 is 9.83. The largest absolute Gasteiger partial charge is 0.465 e. The van der Waals surface area contributed by atoms with Crippen LogP contribution >= 0.6 is 24.2 Å². The van der Waals surface area contributed by atoms with Crippen LogP contribution in [0.2, 0.25) is 5.02 Å². The Hall–Kier alpha value is -1.18. The fraction of sp³-hybridized carbons (Fsp3) is 0.111. The number of hydrogen-bond donors (Lipinski definition) is 1. The van der Waals surface area contributed by atoms with E-state index in [1.54, 1.807) is 0 Å². The van der Waals surface area contributed by atoms with Gasteiger partial charge in [0.15, 0.2) is 0 Å². The van der Waals surface area contributed by atoms with Crippen molar-refractivity contribution in [3.05, 3.63) is 28.3 Å². The van der Waals surface area contributed by atoms with Crippen molar-refractivity contribution in [2.45, 2.75) is 4.90 Å². The molecule has 1 aromatic carbocycles. The van der Waals surface area contributed by atoms with E-state index < -0.39 is 5.97 Å². The molecule has 0 bridgehead atoms. The molecule has 0 aliphatic carbocycles. The highest BCUT2D eigenvalue weighted by atomic mass is 35.5. The number of ether oxygens (including phenoxy) is 1. The number of halogens is 1. The Labute approximate surface area is 91.7 Å². The molecule has 0 fully saturated rings. The van der Waals surface area contributed by atoms with Crippen molar-refractivity contribution in [2.75, 3.05) is 7.11 Å². The lowest BCUT2D eigenvalue weighted by atomic mass is 10.1. The summed E-state index contributed by atoms with van der Waals surface area (Å²) in [5.74, 6) is -0.565. The first kappa shape index (κ1) is 10.9. The van der Waals surface area contributed by atoms with Crippen LogP contribution in [0.1, 0.15) is 15.9 Å². The van der Waals surface area contributed by atoms with Crippen LogP contribution in [-0.4, -0.2) is 13.1 Å². The Bertz CT molecular complexity index is 402. The van der Waals surface area contributed by atoms with Crippen LogP contribution in [-0.2, 0) is 4.74 Å². The first-order chi connectivity index (χ1) is 6.60. The predicted molar refractivity (Wildman–Crippen MR) is 54.8 cm³/mol. The fourth-order valence-electron chi connectivity index (χ4n) is 0.961. The Balaban J connectivity index is 3.34. The molecule has 0 aliphatic heterocycles. The molecule has 5 heteroatoms. The fourth-order valence-corrected chi connectivity index (χ4v) is 1.67. The molecule has 3 nitrogen and oxygen atoms in total. The van der Waals surface area contributed by atoms with E-state index in [1.807, 2.05) is 6.07 Å². The molecular weight excluding hydrogens is 222 g/mol. The zero-order chi connectivity index (χ0) is 10.7. The number of methoxy groups -OCH3 is 1. The van der Waals surface area contributed by atoms with Gasteiger partial charge in [0, 0.05) is 4.90 Å². The third kappa shape index (κ3) is 2.00. The monoisotopic (exact) mass is 227 g/mol. The molecule has 0 saturated carbocycles. The Morgan fingerprint density at radius 2 is 2.29 bits per heavy atom. The van der Waals surface area contributed by atoms with Crippen molar-refractivity contribution in [3.8, 4) is 6.07 Å². The molecule has 0 spiro atoms. The summed E-state index contributed by atoms with van der Waals surface area (Å²) < 4.78 is 4.52. The van der Waals surface area contributed by atoms with Gasteiger partial charge in [0.2, 0.25) is 0 Å². The second-order valence-electron chi connectivity index (χ2n) is 2.46. The minimum atomic E-state index is -0.565. The molecule has 0 amide bonds. The topological polar surface area (TPSA) is 50.1 Å². The van der Waals surface area contributed by atoms with Crippen LogP contribution in [0.5, 0.6) is 0 Å². The number of rotatable bonds is 1. The Kier molecular flexibility index (Phi) is 3.39. The van der Waals surface area contributed by atoms with Crippen LogP contribution in [0.4, 0.5) is 0 Å². The highest BCUT2D eigenvalue weighted by Crippen LogP contribution is 2.25. The normalized spacial score (nSPS) is 9.29. The van der Waals surface area contributed by atoms with E-state index in [0.717, 1.165) is 0 Å². The van der Waals surface area contributed by atoms with E-state index in [4.69, 9.17) is 16.9 Å². The van der Waals surface area contributed by atoms with Crippen molar-refractivity contribution < 1.29 is 9.53 Å². The molecule has 72 valence electrons. The first-order valence-electron chi connectivity index (χ1n) is 3.61. The van der Waals surface area contributed by atoms with Gasteiger partial charge in [0.25, 0.3) is 0 Å². The van der Waals surface area contributed by atoms with Gasteiger partial charge in [-0.2, -0.15) is 5.26 Å². The average Bonchev–Trinajstić information content (AvgIpc) is 2.16. The highest BCUT2D eigenvalue weighted by molar-refractivity contribution is 7.80. The average molecular weight is 228 g/mol. The predicted octanol–water partition coefficient (Wildman–Crippen LogP) is 2.29. The van der Waals surface area contributed by atoms with E-state index in [1.165, 1.54) is 19.2 Å². The first-order valence-corrected chi connectivity index (χ1v) is 4.43. The number of benzene rings is 1. The number of thiol groups is 1. The second-order valence-corrected chi connectivity index (χ2v) is 3.34. The molecule has 1 aromatic rings. The molecule has 0 aromatic heterocycles. The lowest BCUT2D eigenvalue weighted by molar-refractivity contribution is 0.0597. The van der Waals surface area contributed by atoms with Gasteiger partial charge < -0.3 is 4.74 Å². The Morgan fingerprint density at radius 1 is 1.64 bits per heavy atom. The molecule has 0 aliphatic rings. The zero-order valence-corrected chi connectivity index (χ0v) is 8.89. The van der Waals surface area contributed by atoms with Crippen LogP contribution in [0.3, 0.4) is 0 Å². The molecular formula is C9H6ClNO2S. The van der Waals surface area contributed by atoms with Gasteiger partial charge in [0.1, 0.15) is 0 Å². The van der Waals surface area contributed by atoms with Crippen molar-refractivity contribution in [1.82, 2.24) is 0 Å². The van der Waals surface area contributed by atoms with Gasteiger partial charge in [-0.05, 0) is 12.1 Å². The highest BCUT2D eigenvalue weighted by Gasteiger charge is 2.15. The van der Waals surface area contributed by atoms with E-state index in [2.05, 4.69) is 17.4 Å². The van der Waals surface area contributed by atoms with Crippen LogP contribution in [0, 0.1) is 11.3 Å². The maximum absolute atomic E-state index is 11.2. The second kappa shape index (κ2) is 4.36. The van der Waals surface area contributed by atoms with E-state index in [0.29, 0.717) is 10.5 Å². The maximum atomic E-state index is 11.2. The molecule has 0 saturated heterocycles. The molecule has 0 radical (unpaired) electrons. The molecule has 0 atom stereocenters. The van der Waals surface area contributed by atoms with Gasteiger partial charge in [-0.1, -0.05) is 11.6 Å². The Morgan fingerprint density at radius 3 is 2.71 bits per heavy atom. The van der Waals surface area contributed by atoms with E-state index in [-0.39, 0.29) is 10.6 Å². The zero-order valence-electron chi connectivity index (χ0n) is 7.24. The van der Waals surface area contributed by atoms with Gasteiger partial charge in [-0.3, -0.25) is 0 Å². The third-order valence-electron chi connectivity index (χ3n) is 1.59. The summed E-state index contributed by atoms with van der Waals surface area (Å²) in [7, 11) is 1.25. The van der Waals surface area contributed by atoms with Gasteiger partial charge in [-0.25, -0.2) is 4.79 Å². The molecule has 0 unspecified atom stereocenters. The summed E-state index contributed by atoms with van der Waals surface area (Å²) in [6.45, 7) is 0. The third-order valence-corrected chi connectivity index (χ3v) is 2.24. The van der Waals surface area contributed by atoms with Crippen molar-refractivity contribution in [3.63, 3.8) is 0 Å². The summed E-state index contributed by atoms with van der Waals surface area (Å²) in [5.41, 5.74) is 0.532. The number of esters is 1. The van der Waals surface area contributed by atoms with Gasteiger partial charge in [-0.15, -0.1) is 12.6 Å². The maximum Gasteiger partial charge on any atom is 0.340 e. The standard InChI is InChI=1S/C9H6ClNO2S/c1-13-9(12)8-6(10)2-5(4-11)3-7(8)14/h2-3,14H,1H3. The smallest absolute Gasteiger partial charge is 0.340 e. The molecule has 0 heterocycles. The van der Waals surface area contributed by atoms with Gasteiger partial charge >= 0.3 is 5.97 Å². The summed E-state index contributed by atoms with van der Waals surface area (Å²) in [6.07, 6.45) is 0. The minimum absolute atomic E-state index is 0.168. The molecule has 1 rings (SSSR count). The molecule has 14 heavy (non-hydrogen) atoms. The van der Waals surface area contributed by atoms with Crippen LogP contribution in [0.25, 0.3) is 0 Å². The van der Waals surface area contributed by atoms with Crippen molar-refractivity contribution in [2.24, 2.45) is 0 Å². The number of nitrogens with zero attached hydrogens (tertiary/aromatic N) is 1. The lowest BCUT2D eigenvalue weighted by Crippen LogP contribution is -2.03. The quantitative estimate of drug-likeness (QED) is 0.592. The summed E-state index contributed by atoms with van der Waals surface area (Å²) in [4.78, 5) is 11.6. The number of hydrogen-bond acceptors (Lipinski definition) is 4. The minimum Gasteiger partial charge on any atom is -0.465 e. The number of carbonyl (C=O) groups excluding carboxylic acids is 1. The van der Waals surface area contributed by atoms with Crippen LogP contribution in [0.15, 0.2) is 17.0 Å². The molecule has 0 N–H and O–H groups in total. The van der Waals surface area contributed by atoms with E-state index >= 15 is 0 Å². The van der Waals surface area contributed by atoms with Crippen molar-refractivity contribution in [1.29, 1.82) is 5.26 Å². The SMILES string of the molecule is COC(=O)c1c(S)cc(C#N)cc1Cl.